The zero-order valence-corrected chi connectivity index (χ0v) is 12.1. The Morgan fingerprint density at radius 3 is 2.65 bits per heavy atom. The van der Waals surface area contributed by atoms with Crippen molar-refractivity contribution in [3.8, 4) is 0 Å². The summed E-state index contributed by atoms with van der Waals surface area (Å²) in [6.45, 7) is 2.36. The summed E-state index contributed by atoms with van der Waals surface area (Å²) in [4.78, 5) is 0. The number of alkyl halides is 3. The molecular weight excluding hydrogens is 337 g/mol. The summed E-state index contributed by atoms with van der Waals surface area (Å²) in [6, 6.07) is 4.79. The van der Waals surface area contributed by atoms with E-state index in [0.29, 0.717) is 16.7 Å². The van der Waals surface area contributed by atoms with Crippen LogP contribution in [-0.2, 0) is 12.7 Å². The first-order valence-corrected chi connectivity index (χ1v) is 6.70. The van der Waals surface area contributed by atoms with Crippen molar-refractivity contribution >= 4 is 15.9 Å². The van der Waals surface area contributed by atoms with Gasteiger partial charge in [0.2, 0.25) is 0 Å². The van der Waals surface area contributed by atoms with Gasteiger partial charge in [-0.1, -0.05) is 15.9 Å². The van der Waals surface area contributed by atoms with Gasteiger partial charge in [-0.25, -0.2) is 0 Å². The maximum absolute atomic E-state index is 12.7. The van der Waals surface area contributed by atoms with Crippen LogP contribution in [-0.4, -0.2) is 14.9 Å². The topological polar surface area (TPSA) is 38.0 Å². The first-order valence-electron chi connectivity index (χ1n) is 5.91. The van der Waals surface area contributed by atoms with Gasteiger partial charge < -0.3 is 5.11 Å². The van der Waals surface area contributed by atoms with E-state index < -0.39 is 17.8 Å². The molecule has 1 heterocycles. The van der Waals surface area contributed by atoms with Gasteiger partial charge in [0.15, 0.2) is 0 Å². The molecule has 1 atom stereocenters. The summed E-state index contributed by atoms with van der Waals surface area (Å²) in [5.74, 6) is 0. The van der Waals surface area contributed by atoms with Crippen molar-refractivity contribution in [2.75, 3.05) is 0 Å². The Kier molecular flexibility index (Phi) is 4.19. The molecule has 0 aliphatic rings. The summed E-state index contributed by atoms with van der Waals surface area (Å²) < 4.78 is 40.2. The van der Waals surface area contributed by atoms with E-state index in [9.17, 15) is 18.3 Å². The van der Waals surface area contributed by atoms with E-state index in [1.54, 1.807) is 6.07 Å². The fraction of sp³-hybridized carbons (Fsp3) is 0.308. The standard InChI is InChI=1S/C13H12BrF3N2O/c1-2-19-11(5-6-18-19)12(20)9-7-8(13(15,16)17)3-4-10(9)14/h3-7,12,20H,2H2,1H3. The van der Waals surface area contributed by atoms with Crippen molar-refractivity contribution in [1.29, 1.82) is 0 Å². The van der Waals surface area contributed by atoms with E-state index in [1.807, 2.05) is 6.92 Å². The average molecular weight is 349 g/mol. The number of benzene rings is 1. The third-order valence-electron chi connectivity index (χ3n) is 2.95. The average Bonchev–Trinajstić information content (AvgIpc) is 2.85. The van der Waals surface area contributed by atoms with E-state index >= 15 is 0 Å². The highest BCUT2D eigenvalue weighted by molar-refractivity contribution is 9.10. The van der Waals surface area contributed by atoms with E-state index in [4.69, 9.17) is 0 Å². The Morgan fingerprint density at radius 1 is 1.35 bits per heavy atom. The molecule has 7 heteroatoms. The number of nitrogens with zero attached hydrogens (tertiary/aromatic N) is 2. The number of hydrogen-bond acceptors (Lipinski definition) is 2. The molecule has 0 aliphatic heterocycles. The minimum absolute atomic E-state index is 0.162. The van der Waals surface area contributed by atoms with Crippen molar-refractivity contribution in [3.63, 3.8) is 0 Å². The van der Waals surface area contributed by atoms with Crippen LogP contribution in [0.2, 0.25) is 0 Å². The monoisotopic (exact) mass is 348 g/mol. The normalized spacial score (nSPS) is 13.5. The molecular formula is C13H12BrF3N2O. The van der Waals surface area contributed by atoms with Crippen molar-refractivity contribution in [2.45, 2.75) is 25.7 Å². The van der Waals surface area contributed by atoms with Crippen molar-refractivity contribution < 1.29 is 18.3 Å². The Hall–Kier alpha value is -1.34. The van der Waals surface area contributed by atoms with Gasteiger partial charge in [-0.05, 0) is 31.2 Å². The Morgan fingerprint density at radius 2 is 2.05 bits per heavy atom. The van der Waals surface area contributed by atoms with Crippen molar-refractivity contribution in [3.05, 3.63) is 51.8 Å². The molecule has 0 radical (unpaired) electrons. The van der Waals surface area contributed by atoms with E-state index in [-0.39, 0.29) is 5.56 Å². The molecule has 0 spiro atoms. The molecule has 108 valence electrons. The third-order valence-corrected chi connectivity index (χ3v) is 3.67. The van der Waals surface area contributed by atoms with Crippen LogP contribution in [0.3, 0.4) is 0 Å². The Labute approximate surface area is 122 Å². The van der Waals surface area contributed by atoms with Crippen LogP contribution in [0, 0.1) is 0 Å². The molecule has 0 bridgehead atoms. The smallest absolute Gasteiger partial charge is 0.382 e. The molecule has 0 saturated heterocycles. The predicted octanol–water partition coefficient (Wildman–Crippen LogP) is 3.77. The lowest BCUT2D eigenvalue weighted by molar-refractivity contribution is -0.137. The molecule has 0 saturated carbocycles. The van der Waals surface area contributed by atoms with E-state index in [2.05, 4.69) is 21.0 Å². The van der Waals surface area contributed by atoms with Gasteiger partial charge in [-0.2, -0.15) is 18.3 Å². The second-order valence-corrected chi connectivity index (χ2v) is 5.06. The molecule has 3 nitrogen and oxygen atoms in total. The molecule has 1 unspecified atom stereocenters. The lowest BCUT2D eigenvalue weighted by atomic mass is 10.0. The summed E-state index contributed by atoms with van der Waals surface area (Å²) in [6.07, 6.45) is -4.11. The number of aryl methyl sites for hydroxylation is 1. The minimum Gasteiger partial charge on any atom is -0.382 e. The molecule has 0 fully saturated rings. The van der Waals surface area contributed by atoms with Crippen LogP contribution in [0.4, 0.5) is 13.2 Å². The van der Waals surface area contributed by atoms with Gasteiger partial charge in [-0.3, -0.25) is 4.68 Å². The molecule has 1 aromatic heterocycles. The third kappa shape index (κ3) is 2.88. The van der Waals surface area contributed by atoms with E-state index in [1.165, 1.54) is 16.9 Å². The second-order valence-electron chi connectivity index (χ2n) is 4.21. The lowest BCUT2D eigenvalue weighted by Crippen LogP contribution is -2.11. The van der Waals surface area contributed by atoms with Crippen LogP contribution in [0.15, 0.2) is 34.9 Å². The summed E-state index contributed by atoms with van der Waals surface area (Å²) in [5.41, 5.74) is -0.181. The number of hydrogen-bond donors (Lipinski definition) is 1. The Balaban J connectivity index is 2.46. The lowest BCUT2D eigenvalue weighted by Gasteiger charge is -2.16. The zero-order valence-electron chi connectivity index (χ0n) is 10.5. The summed E-state index contributed by atoms with van der Waals surface area (Å²) >= 11 is 3.17. The van der Waals surface area contributed by atoms with Crippen LogP contribution in [0.1, 0.15) is 29.8 Å². The molecule has 20 heavy (non-hydrogen) atoms. The maximum Gasteiger partial charge on any atom is 0.416 e. The number of halogens is 4. The van der Waals surface area contributed by atoms with Crippen molar-refractivity contribution in [2.24, 2.45) is 0 Å². The van der Waals surface area contributed by atoms with Crippen LogP contribution >= 0.6 is 15.9 Å². The van der Waals surface area contributed by atoms with Gasteiger partial charge >= 0.3 is 6.18 Å². The fourth-order valence-electron chi connectivity index (χ4n) is 1.93. The molecule has 1 aromatic carbocycles. The quantitative estimate of drug-likeness (QED) is 0.916. The summed E-state index contributed by atoms with van der Waals surface area (Å²) in [7, 11) is 0. The Bertz CT molecular complexity index is 610. The molecule has 0 aliphatic carbocycles. The first kappa shape index (κ1) is 15.1. The first-order chi connectivity index (χ1) is 9.34. The van der Waals surface area contributed by atoms with Crippen LogP contribution < -0.4 is 0 Å². The van der Waals surface area contributed by atoms with Gasteiger partial charge in [0.1, 0.15) is 6.10 Å². The fourth-order valence-corrected chi connectivity index (χ4v) is 2.39. The predicted molar refractivity (Wildman–Crippen MR) is 71.1 cm³/mol. The molecule has 2 aromatic rings. The minimum atomic E-state index is -4.44. The number of aromatic nitrogens is 2. The van der Waals surface area contributed by atoms with Gasteiger partial charge in [-0.15, -0.1) is 0 Å². The van der Waals surface area contributed by atoms with Gasteiger partial charge in [0.25, 0.3) is 0 Å². The SMILES string of the molecule is CCn1nccc1C(O)c1cc(C(F)(F)F)ccc1Br. The molecule has 1 N–H and O–H groups in total. The van der Waals surface area contributed by atoms with Crippen LogP contribution in [0.25, 0.3) is 0 Å². The van der Waals surface area contributed by atoms with Crippen LogP contribution in [0.5, 0.6) is 0 Å². The zero-order chi connectivity index (χ0) is 14.9. The van der Waals surface area contributed by atoms with Gasteiger partial charge in [0, 0.05) is 22.8 Å². The highest BCUT2D eigenvalue weighted by Crippen LogP contribution is 2.35. The van der Waals surface area contributed by atoms with Crippen molar-refractivity contribution in [1.82, 2.24) is 9.78 Å². The second kappa shape index (κ2) is 5.57. The highest BCUT2D eigenvalue weighted by Gasteiger charge is 2.32. The largest absolute Gasteiger partial charge is 0.416 e. The van der Waals surface area contributed by atoms with E-state index in [0.717, 1.165) is 12.1 Å². The maximum atomic E-state index is 12.7. The summed E-state index contributed by atoms with van der Waals surface area (Å²) in [5, 5.41) is 14.3. The number of aliphatic hydroxyl groups is 1. The van der Waals surface area contributed by atoms with Gasteiger partial charge in [0.05, 0.1) is 11.3 Å². The molecule has 2 rings (SSSR count). The molecule has 0 amide bonds. The highest BCUT2D eigenvalue weighted by atomic mass is 79.9. The number of aliphatic hydroxyl groups excluding tert-OH is 1. The number of rotatable bonds is 3.